The Bertz CT molecular complexity index is 180. The summed E-state index contributed by atoms with van der Waals surface area (Å²) in [6.07, 6.45) is 5.24. The predicted molar refractivity (Wildman–Crippen MR) is 66.5 cm³/mol. The molecule has 0 atom stereocenters. The molecule has 1 saturated heterocycles. The Labute approximate surface area is 98.6 Å². The van der Waals surface area contributed by atoms with E-state index >= 15 is 0 Å². The quantitative estimate of drug-likeness (QED) is 0.715. The van der Waals surface area contributed by atoms with Gasteiger partial charge in [-0.25, -0.2) is 0 Å². The number of ketones is 1. The maximum Gasteiger partial charge on any atom is 0.132 e. The number of carbonyl (C=O) groups excluding carboxylic acids is 1. The summed E-state index contributed by atoms with van der Waals surface area (Å²) in [4.78, 5) is 12.8. The van der Waals surface area contributed by atoms with E-state index in [9.17, 15) is 4.79 Å². The number of Topliss-reactive ketones (excluding diaryl/α,β-unsaturated/α-hetero) is 1. The van der Waals surface area contributed by atoms with E-state index in [1.165, 1.54) is 6.42 Å². The highest BCUT2D eigenvalue weighted by Gasteiger charge is 2.06. The summed E-state index contributed by atoms with van der Waals surface area (Å²) >= 11 is 0. The van der Waals surface area contributed by atoms with Gasteiger partial charge in [-0.05, 0) is 12.8 Å². The molecule has 2 fully saturated rings. The molecule has 2 rings (SSSR count). The van der Waals surface area contributed by atoms with Crippen LogP contribution in [0.15, 0.2) is 0 Å². The zero-order valence-corrected chi connectivity index (χ0v) is 10.2. The van der Waals surface area contributed by atoms with Crippen molar-refractivity contribution in [2.45, 2.75) is 32.1 Å². The van der Waals surface area contributed by atoms with Crippen LogP contribution in [0.5, 0.6) is 0 Å². The lowest BCUT2D eigenvalue weighted by Gasteiger charge is -2.26. The van der Waals surface area contributed by atoms with Crippen LogP contribution in [0.1, 0.15) is 32.1 Å². The average molecular weight is 227 g/mol. The van der Waals surface area contributed by atoms with Crippen LogP contribution in [0.2, 0.25) is 0 Å². The molecular weight excluding hydrogens is 202 g/mol. The third kappa shape index (κ3) is 6.20. The van der Waals surface area contributed by atoms with Gasteiger partial charge in [0.25, 0.3) is 0 Å². The molecule has 94 valence electrons. The molecule has 1 heterocycles. The van der Waals surface area contributed by atoms with E-state index in [-0.39, 0.29) is 0 Å². The van der Waals surface area contributed by atoms with Gasteiger partial charge < -0.3 is 11.1 Å². The van der Waals surface area contributed by atoms with Gasteiger partial charge in [0.15, 0.2) is 0 Å². The first-order valence-electron chi connectivity index (χ1n) is 6.48. The lowest BCUT2D eigenvalue weighted by atomic mass is 10.00. The second kappa shape index (κ2) is 8.67. The SMILES string of the molecule is NCCN1CCNCC1.O=C1CCCCC1. The minimum atomic E-state index is 0.464. The van der Waals surface area contributed by atoms with Gasteiger partial charge >= 0.3 is 0 Å². The molecular formula is C12H25N3O. The molecule has 0 aromatic heterocycles. The number of rotatable bonds is 2. The van der Waals surface area contributed by atoms with Crippen molar-refractivity contribution in [2.75, 3.05) is 39.3 Å². The van der Waals surface area contributed by atoms with Gasteiger partial charge in [-0.2, -0.15) is 0 Å². The minimum Gasteiger partial charge on any atom is -0.329 e. The number of hydrogen-bond donors (Lipinski definition) is 2. The molecule has 1 saturated carbocycles. The van der Waals surface area contributed by atoms with E-state index < -0.39 is 0 Å². The summed E-state index contributed by atoms with van der Waals surface area (Å²) in [5.74, 6) is 0.464. The third-order valence-electron chi connectivity index (χ3n) is 3.07. The largest absolute Gasteiger partial charge is 0.329 e. The number of nitrogens with zero attached hydrogens (tertiary/aromatic N) is 1. The Hall–Kier alpha value is -0.450. The molecule has 0 radical (unpaired) electrons. The number of piperazine rings is 1. The van der Waals surface area contributed by atoms with E-state index in [0.717, 1.165) is 65.0 Å². The second-order valence-corrected chi connectivity index (χ2v) is 4.48. The lowest BCUT2D eigenvalue weighted by Crippen LogP contribution is -2.45. The molecule has 0 aromatic rings. The zero-order valence-electron chi connectivity index (χ0n) is 10.2. The van der Waals surface area contributed by atoms with Crippen LogP contribution in [0, 0.1) is 0 Å². The highest BCUT2D eigenvalue weighted by Crippen LogP contribution is 2.12. The topological polar surface area (TPSA) is 58.4 Å². The van der Waals surface area contributed by atoms with Crippen LogP contribution in [0.3, 0.4) is 0 Å². The van der Waals surface area contributed by atoms with E-state index in [1.807, 2.05) is 0 Å². The van der Waals surface area contributed by atoms with Crippen LogP contribution >= 0.6 is 0 Å². The second-order valence-electron chi connectivity index (χ2n) is 4.48. The van der Waals surface area contributed by atoms with Crippen LogP contribution < -0.4 is 11.1 Å². The van der Waals surface area contributed by atoms with Gasteiger partial charge in [-0.1, -0.05) is 6.42 Å². The van der Waals surface area contributed by atoms with Crippen LogP contribution in [0.4, 0.5) is 0 Å². The Kier molecular flexibility index (Phi) is 7.38. The lowest BCUT2D eigenvalue weighted by molar-refractivity contribution is -0.120. The summed E-state index contributed by atoms with van der Waals surface area (Å²) in [6, 6.07) is 0. The van der Waals surface area contributed by atoms with Crippen LogP contribution in [-0.2, 0) is 4.79 Å². The van der Waals surface area contributed by atoms with Crippen molar-refractivity contribution in [3.05, 3.63) is 0 Å². The normalized spacial score (nSPS) is 22.4. The minimum absolute atomic E-state index is 0.464. The van der Waals surface area contributed by atoms with E-state index in [2.05, 4.69) is 10.2 Å². The standard InChI is InChI=1S/C6H15N3.C6H10O/c7-1-4-9-5-2-8-3-6-9;7-6-4-2-1-3-5-6/h8H,1-7H2;1-5H2. The summed E-state index contributed by atoms with van der Waals surface area (Å²) in [5.41, 5.74) is 5.40. The summed E-state index contributed by atoms with van der Waals surface area (Å²) < 4.78 is 0. The maximum absolute atomic E-state index is 10.5. The number of nitrogens with two attached hydrogens (primary N) is 1. The van der Waals surface area contributed by atoms with E-state index in [4.69, 9.17) is 5.73 Å². The van der Waals surface area contributed by atoms with Crippen molar-refractivity contribution >= 4 is 5.78 Å². The average Bonchev–Trinajstić information content (AvgIpc) is 2.33. The molecule has 0 spiro atoms. The molecule has 3 N–H and O–H groups in total. The van der Waals surface area contributed by atoms with Crippen molar-refractivity contribution < 1.29 is 4.79 Å². The molecule has 0 bridgehead atoms. The number of carbonyl (C=O) groups is 1. The molecule has 4 heteroatoms. The van der Waals surface area contributed by atoms with Crippen LogP contribution in [0.25, 0.3) is 0 Å². The van der Waals surface area contributed by atoms with Gasteiger partial charge in [0, 0.05) is 52.1 Å². The fourth-order valence-corrected chi connectivity index (χ4v) is 2.06. The summed E-state index contributed by atoms with van der Waals surface area (Å²) in [5, 5.41) is 3.29. The van der Waals surface area contributed by atoms with Crippen molar-refractivity contribution in [1.29, 1.82) is 0 Å². The predicted octanol–water partition coefficient (Wildman–Crippen LogP) is 0.370. The Balaban J connectivity index is 0.000000165. The van der Waals surface area contributed by atoms with Crippen molar-refractivity contribution in [3.8, 4) is 0 Å². The molecule has 1 aliphatic heterocycles. The highest BCUT2D eigenvalue weighted by molar-refractivity contribution is 5.78. The Morgan fingerprint density at radius 1 is 1.12 bits per heavy atom. The molecule has 0 amide bonds. The zero-order chi connectivity index (χ0) is 11.6. The van der Waals surface area contributed by atoms with E-state index in [0.29, 0.717) is 5.78 Å². The van der Waals surface area contributed by atoms with Crippen molar-refractivity contribution in [1.82, 2.24) is 10.2 Å². The monoisotopic (exact) mass is 227 g/mol. The fraction of sp³-hybridized carbons (Fsp3) is 0.917. The van der Waals surface area contributed by atoms with Crippen molar-refractivity contribution in [3.63, 3.8) is 0 Å². The first-order valence-corrected chi connectivity index (χ1v) is 6.48. The number of nitrogens with one attached hydrogen (secondary N) is 1. The molecule has 16 heavy (non-hydrogen) atoms. The molecule has 2 aliphatic rings. The maximum atomic E-state index is 10.5. The van der Waals surface area contributed by atoms with E-state index in [1.54, 1.807) is 0 Å². The molecule has 4 nitrogen and oxygen atoms in total. The first-order chi connectivity index (χ1) is 7.83. The summed E-state index contributed by atoms with van der Waals surface area (Å²) in [7, 11) is 0. The first kappa shape index (κ1) is 13.6. The van der Waals surface area contributed by atoms with Crippen molar-refractivity contribution in [2.24, 2.45) is 5.73 Å². The fourth-order valence-electron chi connectivity index (χ4n) is 2.06. The third-order valence-corrected chi connectivity index (χ3v) is 3.07. The van der Waals surface area contributed by atoms with Crippen LogP contribution in [-0.4, -0.2) is 50.0 Å². The number of hydrogen-bond acceptors (Lipinski definition) is 4. The van der Waals surface area contributed by atoms with Gasteiger partial charge in [-0.15, -0.1) is 0 Å². The highest BCUT2D eigenvalue weighted by atomic mass is 16.1. The molecule has 1 aliphatic carbocycles. The van der Waals surface area contributed by atoms with Gasteiger partial charge in [0.2, 0.25) is 0 Å². The van der Waals surface area contributed by atoms with Gasteiger partial charge in [-0.3, -0.25) is 9.69 Å². The smallest absolute Gasteiger partial charge is 0.132 e. The molecule has 0 unspecified atom stereocenters. The van der Waals surface area contributed by atoms with Gasteiger partial charge in [0.05, 0.1) is 0 Å². The Morgan fingerprint density at radius 3 is 2.19 bits per heavy atom. The molecule has 0 aromatic carbocycles. The van der Waals surface area contributed by atoms with Gasteiger partial charge in [0.1, 0.15) is 5.78 Å². The summed E-state index contributed by atoms with van der Waals surface area (Å²) in [6.45, 7) is 6.43. The Morgan fingerprint density at radius 2 is 1.75 bits per heavy atom.